The van der Waals surface area contributed by atoms with E-state index in [1.54, 1.807) is 11.3 Å². The molecule has 0 aliphatic carbocycles. The third-order valence-electron chi connectivity index (χ3n) is 2.81. The van der Waals surface area contributed by atoms with Gasteiger partial charge in [-0.2, -0.15) is 11.3 Å². The molecule has 2 aromatic rings. The molecule has 0 spiro atoms. The summed E-state index contributed by atoms with van der Waals surface area (Å²) < 4.78 is 5.47. The predicted molar refractivity (Wildman–Crippen MR) is 77.4 cm³/mol. The third kappa shape index (κ3) is 3.12. The van der Waals surface area contributed by atoms with E-state index in [0.717, 1.165) is 12.3 Å². The Hall–Kier alpha value is -1.32. The van der Waals surface area contributed by atoms with E-state index in [4.69, 9.17) is 4.74 Å². The highest BCUT2D eigenvalue weighted by atomic mass is 32.1. The first-order valence-electron chi connectivity index (χ1n) is 6.33. The highest BCUT2D eigenvalue weighted by Crippen LogP contribution is 2.25. The molecule has 0 amide bonds. The number of rotatable bonds is 6. The average molecular weight is 261 g/mol. The number of hydrogen-bond acceptors (Lipinski definition) is 3. The fraction of sp³-hybridized carbons (Fsp3) is 0.333. The summed E-state index contributed by atoms with van der Waals surface area (Å²) in [5, 5.41) is 7.84. The van der Waals surface area contributed by atoms with Crippen molar-refractivity contribution in [3.8, 4) is 5.75 Å². The maximum Gasteiger partial charge on any atom is 0.119 e. The Morgan fingerprint density at radius 2 is 1.89 bits per heavy atom. The molecule has 0 bridgehead atoms. The van der Waals surface area contributed by atoms with Gasteiger partial charge in [-0.25, -0.2) is 0 Å². The molecule has 0 aliphatic rings. The molecule has 0 fully saturated rings. The predicted octanol–water partition coefficient (Wildman–Crippen LogP) is 3.85. The molecular weight excluding hydrogens is 242 g/mol. The molecule has 0 saturated heterocycles. The lowest BCUT2D eigenvalue weighted by Gasteiger charge is -2.17. The molecule has 96 valence electrons. The van der Waals surface area contributed by atoms with Crippen molar-refractivity contribution >= 4 is 11.3 Å². The van der Waals surface area contributed by atoms with Gasteiger partial charge in [0, 0.05) is 0 Å². The minimum atomic E-state index is 0.275. The van der Waals surface area contributed by atoms with Crippen LogP contribution in [0.5, 0.6) is 5.75 Å². The van der Waals surface area contributed by atoms with Crippen LogP contribution < -0.4 is 10.1 Å². The lowest BCUT2D eigenvalue weighted by Crippen LogP contribution is -2.21. The highest BCUT2D eigenvalue weighted by Gasteiger charge is 2.12. The molecule has 0 aliphatic heterocycles. The minimum Gasteiger partial charge on any atom is -0.494 e. The minimum absolute atomic E-state index is 0.275. The van der Waals surface area contributed by atoms with E-state index in [1.807, 2.05) is 19.1 Å². The SMILES string of the molecule is CCNC(c1ccc(OCC)cc1)c1ccsc1. The van der Waals surface area contributed by atoms with E-state index in [0.29, 0.717) is 6.61 Å². The number of benzene rings is 1. The van der Waals surface area contributed by atoms with Crippen LogP contribution in [0, 0.1) is 0 Å². The van der Waals surface area contributed by atoms with Gasteiger partial charge in [0.1, 0.15) is 5.75 Å². The highest BCUT2D eigenvalue weighted by molar-refractivity contribution is 7.08. The van der Waals surface area contributed by atoms with Crippen LogP contribution in [0.2, 0.25) is 0 Å². The molecule has 18 heavy (non-hydrogen) atoms. The van der Waals surface area contributed by atoms with Gasteiger partial charge in [-0.1, -0.05) is 19.1 Å². The smallest absolute Gasteiger partial charge is 0.119 e. The first kappa shape index (κ1) is 13.1. The van der Waals surface area contributed by atoms with Crippen molar-refractivity contribution in [2.75, 3.05) is 13.2 Å². The van der Waals surface area contributed by atoms with Crippen LogP contribution in [-0.4, -0.2) is 13.2 Å². The maximum absolute atomic E-state index is 5.47. The summed E-state index contributed by atoms with van der Waals surface area (Å²) in [6.07, 6.45) is 0. The zero-order valence-corrected chi connectivity index (χ0v) is 11.7. The van der Waals surface area contributed by atoms with Gasteiger partial charge in [0.2, 0.25) is 0 Å². The van der Waals surface area contributed by atoms with E-state index in [9.17, 15) is 0 Å². The summed E-state index contributed by atoms with van der Waals surface area (Å²) in [6, 6.07) is 10.8. The Kier molecular flexibility index (Phi) is 4.79. The van der Waals surface area contributed by atoms with Crippen molar-refractivity contribution < 1.29 is 4.74 Å². The maximum atomic E-state index is 5.47. The van der Waals surface area contributed by atoms with Crippen LogP contribution >= 0.6 is 11.3 Å². The number of nitrogens with one attached hydrogen (secondary N) is 1. The number of hydrogen-bond donors (Lipinski definition) is 1. The Labute approximate surface area is 113 Å². The molecule has 1 atom stereocenters. The van der Waals surface area contributed by atoms with E-state index in [-0.39, 0.29) is 6.04 Å². The zero-order chi connectivity index (χ0) is 12.8. The van der Waals surface area contributed by atoms with E-state index in [2.05, 4.69) is 41.2 Å². The summed E-state index contributed by atoms with van der Waals surface area (Å²) in [5.41, 5.74) is 2.60. The number of ether oxygens (including phenoxy) is 1. The zero-order valence-electron chi connectivity index (χ0n) is 10.8. The van der Waals surface area contributed by atoms with Gasteiger partial charge in [-0.05, 0) is 53.6 Å². The van der Waals surface area contributed by atoms with Crippen molar-refractivity contribution in [2.45, 2.75) is 19.9 Å². The van der Waals surface area contributed by atoms with Gasteiger partial charge in [0.05, 0.1) is 12.6 Å². The van der Waals surface area contributed by atoms with E-state index < -0.39 is 0 Å². The van der Waals surface area contributed by atoms with Gasteiger partial charge in [-0.3, -0.25) is 0 Å². The Bertz CT molecular complexity index is 450. The summed E-state index contributed by atoms with van der Waals surface area (Å²) in [5.74, 6) is 0.932. The Morgan fingerprint density at radius 1 is 1.11 bits per heavy atom. The second-order valence-corrected chi connectivity index (χ2v) is 4.83. The molecule has 3 heteroatoms. The van der Waals surface area contributed by atoms with Crippen molar-refractivity contribution in [1.82, 2.24) is 5.32 Å². The van der Waals surface area contributed by atoms with Gasteiger partial charge >= 0.3 is 0 Å². The number of thiophene rings is 1. The van der Waals surface area contributed by atoms with Crippen LogP contribution in [0.3, 0.4) is 0 Å². The van der Waals surface area contributed by atoms with Gasteiger partial charge in [-0.15, -0.1) is 0 Å². The molecule has 1 aromatic carbocycles. The standard InChI is InChI=1S/C15H19NOS/c1-3-16-15(13-9-10-18-11-13)12-5-7-14(8-6-12)17-4-2/h5-11,15-16H,3-4H2,1-2H3. The largest absolute Gasteiger partial charge is 0.494 e. The normalized spacial score (nSPS) is 12.3. The second-order valence-electron chi connectivity index (χ2n) is 4.05. The molecule has 2 rings (SSSR count). The Morgan fingerprint density at radius 3 is 2.44 bits per heavy atom. The van der Waals surface area contributed by atoms with Gasteiger partial charge in [0.15, 0.2) is 0 Å². The fourth-order valence-electron chi connectivity index (χ4n) is 1.99. The third-order valence-corrected chi connectivity index (χ3v) is 3.51. The van der Waals surface area contributed by atoms with Crippen molar-refractivity contribution in [1.29, 1.82) is 0 Å². The van der Waals surface area contributed by atoms with Crippen molar-refractivity contribution in [3.63, 3.8) is 0 Å². The quantitative estimate of drug-likeness (QED) is 0.853. The van der Waals surface area contributed by atoms with Crippen LogP contribution in [-0.2, 0) is 0 Å². The molecule has 1 N–H and O–H groups in total. The molecule has 2 nitrogen and oxygen atoms in total. The van der Waals surface area contributed by atoms with Crippen LogP contribution in [0.1, 0.15) is 31.0 Å². The van der Waals surface area contributed by atoms with Gasteiger partial charge < -0.3 is 10.1 Å². The second kappa shape index (κ2) is 6.57. The average Bonchev–Trinajstić information content (AvgIpc) is 2.91. The first-order chi connectivity index (χ1) is 8.85. The lowest BCUT2D eigenvalue weighted by molar-refractivity contribution is 0.340. The molecular formula is C15H19NOS. The summed E-state index contributed by atoms with van der Waals surface area (Å²) in [4.78, 5) is 0. The van der Waals surface area contributed by atoms with Gasteiger partial charge in [0.25, 0.3) is 0 Å². The van der Waals surface area contributed by atoms with Crippen molar-refractivity contribution in [2.24, 2.45) is 0 Å². The summed E-state index contributed by atoms with van der Waals surface area (Å²) in [7, 11) is 0. The summed E-state index contributed by atoms with van der Waals surface area (Å²) >= 11 is 1.74. The van der Waals surface area contributed by atoms with E-state index in [1.165, 1.54) is 11.1 Å². The molecule has 1 unspecified atom stereocenters. The lowest BCUT2D eigenvalue weighted by atomic mass is 10.0. The molecule has 1 aromatic heterocycles. The first-order valence-corrected chi connectivity index (χ1v) is 7.27. The van der Waals surface area contributed by atoms with Crippen molar-refractivity contribution in [3.05, 3.63) is 52.2 Å². The monoisotopic (exact) mass is 261 g/mol. The molecule has 1 heterocycles. The van der Waals surface area contributed by atoms with Crippen LogP contribution in [0.25, 0.3) is 0 Å². The Balaban J connectivity index is 2.20. The molecule has 0 saturated carbocycles. The molecule has 0 radical (unpaired) electrons. The van der Waals surface area contributed by atoms with Crippen LogP contribution in [0.4, 0.5) is 0 Å². The van der Waals surface area contributed by atoms with Crippen LogP contribution in [0.15, 0.2) is 41.1 Å². The van der Waals surface area contributed by atoms with E-state index >= 15 is 0 Å². The summed E-state index contributed by atoms with van der Waals surface area (Å²) in [6.45, 7) is 5.79. The topological polar surface area (TPSA) is 21.3 Å². The fourth-order valence-corrected chi connectivity index (χ4v) is 2.68.